The number of hydrogen-bond acceptors (Lipinski definition) is 3. The molecule has 1 fully saturated rings. The van der Waals surface area contributed by atoms with Gasteiger partial charge in [-0.2, -0.15) is 0 Å². The molecule has 0 saturated carbocycles. The van der Waals surface area contributed by atoms with Gasteiger partial charge in [0, 0.05) is 37.4 Å². The van der Waals surface area contributed by atoms with Crippen LogP contribution in [-0.2, 0) is 6.54 Å². The Kier molecular flexibility index (Phi) is 5.71. The summed E-state index contributed by atoms with van der Waals surface area (Å²) in [5.74, 6) is 0.132. The Hall–Kier alpha value is -2.33. The maximum Gasteiger partial charge on any atom is 0.253 e. The molecule has 4 nitrogen and oxygen atoms in total. The van der Waals surface area contributed by atoms with Crippen LogP contribution in [0.4, 0.5) is 5.69 Å². The average molecular weight is 338 g/mol. The smallest absolute Gasteiger partial charge is 0.253 e. The molecule has 3 rings (SSSR count). The first-order valence-corrected chi connectivity index (χ1v) is 9.00. The van der Waals surface area contributed by atoms with Crippen LogP contribution in [0.3, 0.4) is 0 Å². The number of aliphatic hydroxyl groups excluding tert-OH is 1. The Morgan fingerprint density at radius 1 is 1.08 bits per heavy atom. The van der Waals surface area contributed by atoms with Crippen molar-refractivity contribution in [2.75, 3.05) is 24.5 Å². The summed E-state index contributed by atoms with van der Waals surface area (Å²) in [5, 5.41) is 9.81. The molecule has 1 aliphatic heterocycles. The van der Waals surface area contributed by atoms with E-state index in [4.69, 9.17) is 0 Å². The summed E-state index contributed by atoms with van der Waals surface area (Å²) < 4.78 is 0. The number of carbonyl (C=O) groups is 1. The van der Waals surface area contributed by atoms with E-state index in [0.29, 0.717) is 13.1 Å². The molecular formula is C21H26N2O2. The monoisotopic (exact) mass is 338 g/mol. The van der Waals surface area contributed by atoms with E-state index in [-0.39, 0.29) is 5.91 Å². The van der Waals surface area contributed by atoms with Gasteiger partial charge >= 0.3 is 0 Å². The number of hydrogen-bond donors (Lipinski definition) is 1. The van der Waals surface area contributed by atoms with Crippen molar-refractivity contribution in [1.82, 2.24) is 4.90 Å². The van der Waals surface area contributed by atoms with Gasteiger partial charge in [0.25, 0.3) is 5.91 Å². The molecule has 1 atom stereocenters. The van der Waals surface area contributed by atoms with E-state index >= 15 is 0 Å². The number of likely N-dealkylation sites (tertiary alicyclic amines) is 1. The Morgan fingerprint density at radius 2 is 1.72 bits per heavy atom. The Morgan fingerprint density at radius 3 is 2.32 bits per heavy atom. The number of anilines is 1. The summed E-state index contributed by atoms with van der Waals surface area (Å²) in [6, 6.07) is 18.0. The highest BCUT2D eigenvalue weighted by molar-refractivity contribution is 5.94. The molecule has 25 heavy (non-hydrogen) atoms. The van der Waals surface area contributed by atoms with Gasteiger partial charge in [-0.15, -0.1) is 0 Å². The van der Waals surface area contributed by atoms with Gasteiger partial charge in [0.15, 0.2) is 0 Å². The molecule has 0 aromatic heterocycles. The van der Waals surface area contributed by atoms with Crippen LogP contribution in [0, 0.1) is 0 Å². The summed E-state index contributed by atoms with van der Waals surface area (Å²) >= 11 is 0. The number of nitrogens with zero attached hydrogens (tertiary/aromatic N) is 2. The van der Waals surface area contributed by atoms with Crippen molar-refractivity contribution in [2.24, 2.45) is 0 Å². The fraction of sp³-hybridized carbons (Fsp3) is 0.381. The largest absolute Gasteiger partial charge is 0.392 e. The van der Waals surface area contributed by atoms with E-state index < -0.39 is 6.10 Å². The molecule has 1 aliphatic rings. The maximum atomic E-state index is 12.4. The van der Waals surface area contributed by atoms with Crippen LogP contribution < -0.4 is 4.90 Å². The highest BCUT2D eigenvalue weighted by atomic mass is 16.3. The predicted molar refractivity (Wildman–Crippen MR) is 101 cm³/mol. The zero-order valence-corrected chi connectivity index (χ0v) is 14.8. The fourth-order valence-electron chi connectivity index (χ4n) is 3.29. The first kappa shape index (κ1) is 17.5. The summed E-state index contributed by atoms with van der Waals surface area (Å²) in [6.45, 7) is 4.81. The minimum atomic E-state index is -0.406. The summed E-state index contributed by atoms with van der Waals surface area (Å²) in [6.07, 6.45) is 1.81. The van der Waals surface area contributed by atoms with Crippen LogP contribution in [0.15, 0.2) is 54.6 Å². The van der Waals surface area contributed by atoms with E-state index in [1.807, 2.05) is 59.5 Å². The lowest BCUT2D eigenvalue weighted by atomic mass is 10.1. The second-order valence-corrected chi connectivity index (χ2v) is 6.76. The quantitative estimate of drug-likeness (QED) is 0.879. The zero-order chi connectivity index (χ0) is 17.6. The van der Waals surface area contributed by atoms with E-state index in [2.05, 4.69) is 4.90 Å². The normalized spacial score (nSPS) is 15.2. The lowest BCUT2D eigenvalue weighted by Gasteiger charge is -2.26. The second-order valence-electron chi connectivity index (χ2n) is 6.76. The topological polar surface area (TPSA) is 43.8 Å². The predicted octanol–water partition coefficient (Wildman–Crippen LogP) is 3.31. The van der Waals surface area contributed by atoms with Gasteiger partial charge in [-0.25, -0.2) is 0 Å². The van der Waals surface area contributed by atoms with E-state index in [0.717, 1.165) is 42.7 Å². The van der Waals surface area contributed by atoms with Gasteiger partial charge in [0.1, 0.15) is 0 Å². The van der Waals surface area contributed by atoms with Crippen molar-refractivity contribution >= 4 is 11.6 Å². The third kappa shape index (κ3) is 4.60. The molecule has 0 radical (unpaired) electrons. The number of rotatable bonds is 6. The lowest BCUT2D eigenvalue weighted by Crippen LogP contribution is -2.30. The Bertz CT molecular complexity index is 677. The van der Waals surface area contributed by atoms with Crippen molar-refractivity contribution in [2.45, 2.75) is 32.4 Å². The third-order valence-electron chi connectivity index (χ3n) is 4.57. The highest BCUT2D eigenvalue weighted by Gasteiger charge is 2.19. The SMILES string of the molecule is CC(O)CN(Cc1ccc(C(=O)N2CCCC2)cc1)c1ccccc1. The van der Waals surface area contributed by atoms with E-state index in [9.17, 15) is 9.90 Å². The van der Waals surface area contributed by atoms with E-state index in [1.54, 1.807) is 6.92 Å². The second kappa shape index (κ2) is 8.17. The standard InChI is InChI=1S/C21H26N2O2/c1-17(24)15-23(20-7-3-2-4-8-20)16-18-9-11-19(12-10-18)21(25)22-13-5-6-14-22/h2-4,7-12,17,24H,5-6,13-16H2,1H3. The first-order valence-electron chi connectivity index (χ1n) is 9.00. The summed E-state index contributed by atoms with van der Waals surface area (Å²) in [5.41, 5.74) is 2.97. The summed E-state index contributed by atoms with van der Waals surface area (Å²) in [7, 11) is 0. The van der Waals surface area contributed by atoms with Crippen LogP contribution in [-0.4, -0.2) is 41.7 Å². The van der Waals surface area contributed by atoms with Crippen LogP contribution in [0.2, 0.25) is 0 Å². The third-order valence-corrected chi connectivity index (χ3v) is 4.57. The van der Waals surface area contributed by atoms with Gasteiger partial charge in [0.2, 0.25) is 0 Å². The zero-order valence-electron chi connectivity index (χ0n) is 14.8. The van der Waals surface area contributed by atoms with Crippen molar-refractivity contribution in [3.8, 4) is 0 Å². The number of carbonyl (C=O) groups excluding carboxylic acids is 1. The van der Waals surface area contributed by atoms with Crippen molar-refractivity contribution in [1.29, 1.82) is 0 Å². The number of benzene rings is 2. The molecule has 4 heteroatoms. The van der Waals surface area contributed by atoms with Crippen LogP contribution in [0.5, 0.6) is 0 Å². The van der Waals surface area contributed by atoms with Crippen molar-refractivity contribution in [3.05, 3.63) is 65.7 Å². The minimum Gasteiger partial charge on any atom is -0.392 e. The van der Waals surface area contributed by atoms with Crippen LogP contribution >= 0.6 is 0 Å². The van der Waals surface area contributed by atoms with Crippen molar-refractivity contribution < 1.29 is 9.90 Å². The molecule has 1 unspecified atom stereocenters. The van der Waals surface area contributed by atoms with Gasteiger partial charge in [-0.1, -0.05) is 30.3 Å². The number of aliphatic hydroxyl groups is 1. The molecule has 1 amide bonds. The number of amides is 1. The van der Waals surface area contributed by atoms with E-state index in [1.165, 1.54) is 0 Å². The molecular weight excluding hydrogens is 312 g/mol. The van der Waals surface area contributed by atoms with Gasteiger partial charge in [-0.3, -0.25) is 4.79 Å². The molecule has 2 aromatic carbocycles. The van der Waals surface area contributed by atoms with Gasteiger partial charge in [-0.05, 0) is 49.6 Å². The molecule has 132 valence electrons. The van der Waals surface area contributed by atoms with Crippen LogP contribution in [0.25, 0.3) is 0 Å². The molecule has 1 N–H and O–H groups in total. The van der Waals surface area contributed by atoms with Crippen molar-refractivity contribution in [3.63, 3.8) is 0 Å². The molecule has 2 aromatic rings. The molecule has 1 heterocycles. The average Bonchev–Trinajstić information content (AvgIpc) is 3.16. The lowest BCUT2D eigenvalue weighted by molar-refractivity contribution is 0.0793. The Labute approximate surface area is 149 Å². The minimum absolute atomic E-state index is 0.132. The molecule has 1 saturated heterocycles. The molecule has 0 spiro atoms. The fourth-order valence-corrected chi connectivity index (χ4v) is 3.29. The maximum absolute atomic E-state index is 12.4. The Balaban J connectivity index is 1.71. The van der Waals surface area contributed by atoms with Gasteiger partial charge in [0.05, 0.1) is 6.10 Å². The first-order chi connectivity index (χ1) is 12.1. The number of para-hydroxylation sites is 1. The van der Waals surface area contributed by atoms with Crippen LogP contribution in [0.1, 0.15) is 35.7 Å². The molecule has 0 bridgehead atoms. The molecule has 0 aliphatic carbocycles. The van der Waals surface area contributed by atoms with Gasteiger partial charge < -0.3 is 14.9 Å². The summed E-state index contributed by atoms with van der Waals surface area (Å²) in [4.78, 5) is 16.5. The highest BCUT2D eigenvalue weighted by Crippen LogP contribution is 2.19.